The Kier molecular flexibility index (Phi) is 5.15. The van der Waals surface area contributed by atoms with E-state index >= 15 is 0 Å². The predicted octanol–water partition coefficient (Wildman–Crippen LogP) is 1.12. The summed E-state index contributed by atoms with van der Waals surface area (Å²) in [7, 11) is 0. The molecule has 0 spiro atoms. The summed E-state index contributed by atoms with van der Waals surface area (Å²) in [4.78, 5) is 11.0. The number of aliphatic hydroxyl groups excluding tert-OH is 2. The standard InChI is InChI=1S/C17H19N5O2/c23-11-9-21(10-12-24)15-13-16(22-8-4-7-18-22)20-17(19-15)14-5-2-1-3-6-14/h1-8,13,23-24H,9-12H2. The van der Waals surface area contributed by atoms with Crippen molar-refractivity contribution in [1.29, 1.82) is 0 Å². The molecule has 0 amide bonds. The number of hydrogen-bond donors (Lipinski definition) is 2. The van der Waals surface area contributed by atoms with Crippen LogP contribution in [0.15, 0.2) is 54.9 Å². The highest BCUT2D eigenvalue weighted by Crippen LogP contribution is 2.21. The number of nitrogens with zero attached hydrogens (tertiary/aromatic N) is 5. The third-order valence-electron chi connectivity index (χ3n) is 3.53. The van der Waals surface area contributed by atoms with Gasteiger partial charge >= 0.3 is 0 Å². The van der Waals surface area contributed by atoms with E-state index in [0.29, 0.717) is 30.5 Å². The molecule has 7 nitrogen and oxygen atoms in total. The maximum absolute atomic E-state index is 9.28. The molecule has 1 aromatic carbocycles. The normalized spacial score (nSPS) is 10.8. The van der Waals surface area contributed by atoms with Crippen LogP contribution in [-0.4, -0.2) is 56.3 Å². The van der Waals surface area contributed by atoms with Crippen molar-refractivity contribution < 1.29 is 10.2 Å². The van der Waals surface area contributed by atoms with Gasteiger partial charge in [-0.3, -0.25) is 0 Å². The maximum Gasteiger partial charge on any atom is 0.163 e. The molecule has 0 saturated carbocycles. The van der Waals surface area contributed by atoms with Gasteiger partial charge in [0.25, 0.3) is 0 Å². The molecule has 3 aromatic rings. The first kappa shape index (κ1) is 16.1. The zero-order valence-corrected chi connectivity index (χ0v) is 13.2. The van der Waals surface area contributed by atoms with Gasteiger partial charge in [0, 0.05) is 37.1 Å². The van der Waals surface area contributed by atoms with E-state index in [0.717, 1.165) is 5.56 Å². The molecule has 124 valence electrons. The summed E-state index contributed by atoms with van der Waals surface area (Å²) >= 11 is 0. The molecule has 2 aromatic heterocycles. The third kappa shape index (κ3) is 3.58. The number of aliphatic hydroxyl groups is 2. The van der Waals surface area contributed by atoms with E-state index in [1.165, 1.54) is 0 Å². The number of rotatable bonds is 7. The second kappa shape index (κ2) is 7.67. The highest BCUT2D eigenvalue weighted by Gasteiger charge is 2.13. The lowest BCUT2D eigenvalue weighted by Gasteiger charge is -2.22. The maximum atomic E-state index is 9.28. The van der Waals surface area contributed by atoms with Gasteiger partial charge in [0.15, 0.2) is 11.6 Å². The summed E-state index contributed by atoms with van der Waals surface area (Å²) < 4.78 is 1.66. The van der Waals surface area contributed by atoms with Gasteiger partial charge in [-0.25, -0.2) is 14.6 Å². The lowest BCUT2D eigenvalue weighted by molar-refractivity contribution is 0.280. The summed E-state index contributed by atoms with van der Waals surface area (Å²) in [5.41, 5.74) is 0.890. The van der Waals surface area contributed by atoms with E-state index in [1.54, 1.807) is 16.9 Å². The van der Waals surface area contributed by atoms with E-state index in [9.17, 15) is 10.2 Å². The molecule has 2 N–H and O–H groups in total. The molecule has 3 rings (SSSR count). The molecule has 0 radical (unpaired) electrons. The van der Waals surface area contributed by atoms with Crippen molar-refractivity contribution in [3.63, 3.8) is 0 Å². The SMILES string of the molecule is OCCN(CCO)c1cc(-n2cccn2)nc(-c2ccccc2)n1. The summed E-state index contributed by atoms with van der Waals surface area (Å²) in [6.45, 7) is 0.707. The van der Waals surface area contributed by atoms with Crippen molar-refractivity contribution >= 4 is 5.82 Å². The fraction of sp³-hybridized carbons (Fsp3) is 0.235. The average Bonchev–Trinajstić information content (AvgIpc) is 3.17. The fourth-order valence-electron chi connectivity index (χ4n) is 2.40. The number of benzene rings is 1. The summed E-state index contributed by atoms with van der Waals surface area (Å²) in [5, 5.41) is 22.8. The molecule has 2 heterocycles. The summed E-state index contributed by atoms with van der Waals surface area (Å²) in [6.07, 6.45) is 3.49. The Hall–Kier alpha value is -2.77. The van der Waals surface area contributed by atoms with Crippen molar-refractivity contribution in [2.24, 2.45) is 0 Å². The molecular weight excluding hydrogens is 306 g/mol. The smallest absolute Gasteiger partial charge is 0.163 e. The van der Waals surface area contributed by atoms with Crippen LogP contribution in [0.3, 0.4) is 0 Å². The van der Waals surface area contributed by atoms with Gasteiger partial charge in [-0.2, -0.15) is 5.10 Å². The molecule has 0 aliphatic heterocycles. The van der Waals surface area contributed by atoms with Gasteiger partial charge in [-0.15, -0.1) is 0 Å². The molecular formula is C17H19N5O2. The van der Waals surface area contributed by atoms with Crippen molar-refractivity contribution in [2.45, 2.75) is 0 Å². The van der Waals surface area contributed by atoms with E-state index < -0.39 is 0 Å². The van der Waals surface area contributed by atoms with Gasteiger partial charge in [0.05, 0.1) is 13.2 Å². The average molecular weight is 325 g/mol. The predicted molar refractivity (Wildman–Crippen MR) is 91.0 cm³/mol. The van der Waals surface area contributed by atoms with Crippen molar-refractivity contribution in [3.8, 4) is 17.2 Å². The Morgan fingerprint density at radius 1 is 0.958 bits per heavy atom. The largest absolute Gasteiger partial charge is 0.395 e. The summed E-state index contributed by atoms with van der Waals surface area (Å²) in [5.74, 6) is 1.83. The Morgan fingerprint density at radius 2 is 1.71 bits per heavy atom. The van der Waals surface area contributed by atoms with Crippen LogP contribution in [0.1, 0.15) is 0 Å². The molecule has 0 unspecified atom stereocenters. The lowest BCUT2D eigenvalue weighted by Crippen LogP contribution is -2.30. The molecule has 7 heteroatoms. The molecule has 0 aliphatic carbocycles. The van der Waals surface area contributed by atoms with E-state index in [2.05, 4.69) is 15.1 Å². The number of hydrogen-bond acceptors (Lipinski definition) is 6. The van der Waals surface area contributed by atoms with Crippen molar-refractivity contribution in [1.82, 2.24) is 19.7 Å². The first-order chi connectivity index (χ1) is 11.8. The van der Waals surface area contributed by atoms with Crippen LogP contribution in [0.4, 0.5) is 5.82 Å². The van der Waals surface area contributed by atoms with Crippen LogP contribution in [0.25, 0.3) is 17.2 Å². The van der Waals surface area contributed by atoms with Gasteiger partial charge in [0.1, 0.15) is 5.82 Å². The van der Waals surface area contributed by atoms with Gasteiger partial charge in [-0.05, 0) is 6.07 Å². The van der Waals surface area contributed by atoms with E-state index in [4.69, 9.17) is 0 Å². The lowest BCUT2D eigenvalue weighted by atomic mass is 10.2. The molecule has 0 saturated heterocycles. The van der Waals surface area contributed by atoms with Crippen molar-refractivity contribution in [2.75, 3.05) is 31.2 Å². The first-order valence-electron chi connectivity index (χ1n) is 7.73. The van der Waals surface area contributed by atoms with Crippen LogP contribution in [0.5, 0.6) is 0 Å². The van der Waals surface area contributed by atoms with Crippen LogP contribution >= 0.6 is 0 Å². The topological polar surface area (TPSA) is 87.3 Å². The third-order valence-corrected chi connectivity index (χ3v) is 3.53. The monoisotopic (exact) mass is 325 g/mol. The Bertz CT molecular complexity index is 756. The Balaban J connectivity index is 2.09. The van der Waals surface area contributed by atoms with Crippen LogP contribution < -0.4 is 4.90 Å². The minimum Gasteiger partial charge on any atom is -0.395 e. The molecule has 0 atom stereocenters. The van der Waals surface area contributed by atoms with Crippen LogP contribution in [0, 0.1) is 0 Å². The van der Waals surface area contributed by atoms with Crippen molar-refractivity contribution in [3.05, 3.63) is 54.9 Å². The fourth-order valence-corrected chi connectivity index (χ4v) is 2.40. The quantitative estimate of drug-likeness (QED) is 0.677. The second-order valence-corrected chi connectivity index (χ2v) is 5.16. The highest BCUT2D eigenvalue weighted by molar-refractivity contribution is 5.59. The Morgan fingerprint density at radius 3 is 2.33 bits per heavy atom. The molecule has 24 heavy (non-hydrogen) atoms. The van der Waals surface area contributed by atoms with Crippen LogP contribution in [0.2, 0.25) is 0 Å². The highest BCUT2D eigenvalue weighted by atomic mass is 16.3. The molecule has 0 bridgehead atoms. The Labute approximate surface area is 139 Å². The zero-order valence-electron chi connectivity index (χ0n) is 13.2. The molecule has 0 aliphatic rings. The number of anilines is 1. The second-order valence-electron chi connectivity index (χ2n) is 5.16. The van der Waals surface area contributed by atoms with E-state index in [-0.39, 0.29) is 13.2 Å². The summed E-state index contributed by atoms with van der Waals surface area (Å²) in [6, 6.07) is 13.3. The zero-order chi connectivity index (χ0) is 16.8. The first-order valence-corrected chi connectivity index (χ1v) is 7.73. The number of aromatic nitrogens is 4. The van der Waals surface area contributed by atoms with Gasteiger partial charge in [0.2, 0.25) is 0 Å². The van der Waals surface area contributed by atoms with Gasteiger partial charge < -0.3 is 15.1 Å². The molecule has 0 fully saturated rings. The minimum absolute atomic E-state index is 0.0260. The van der Waals surface area contributed by atoms with Crippen LogP contribution in [-0.2, 0) is 0 Å². The van der Waals surface area contributed by atoms with Gasteiger partial charge in [-0.1, -0.05) is 30.3 Å². The van der Waals surface area contributed by atoms with E-state index in [1.807, 2.05) is 47.5 Å². The minimum atomic E-state index is -0.0260.